The smallest absolute Gasteiger partial charge is 0.410 e. The Labute approximate surface area is 62.4 Å². The minimum atomic E-state index is -0.707. The van der Waals surface area contributed by atoms with Gasteiger partial charge < -0.3 is 4.74 Å². The van der Waals surface area contributed by atoms with Crippen LogP contribution in [0.2, 0.25) is 0 Å². The van der Waals surface area contributed by atoms with E-state index in [1.165, 1.54) is 0 Å². The number of amides is 1. The van der Waals surface area contributed by atoms with E-state index in [9.17, 15) is 4.79 Å². The predicted octanol–water partition coefficient (Wildman–Crippen LogP) is 1.24. The molecule has 1 saturated heterocycles. The zero-order valence-electron chi connectivity index (χ0n) is 7.55. The number of carbonyl (C=O) groups is 1. The number of carbonyl (C=O) groups excluding carboxylic acids is 1. The third-order valence-electron chi connectivity index (χ3n) is 1.47. The first-order chi connectivity index (χ1) is 4.91. The standard InChI is InChI=1S/C7H13NO2/c1-7(2,3)8-4-5-10-6(8)9/h4-5H2,1-3H3/i5D/t5-/m0/s1. The average Bonchev–Trinajstić information content (AvgIpc) is 2.08. The minimum Gasteiger partial charge on any atom is -0.448 e. The molecule has 10 heavy (non-hydrogen) atoms. The van der Waals surface area contributed by atoms with Crippen molar-refractivity contribution in [2.75, 3.05) is 13.1 Å². The molecule has 0 spiro atoms. The second kappa shape index (κ2) is 2.15. The SMILES string of the molecule is [2H][C@H]1CN(C(C)(C)C)C(=O)O1. The molecule has 0 aromatic rings. The van der Waals surface area contributed by atoms with Gasteiger partial charge in [0.05, 0.1) is 7.92 Å². The van der Waals surface area contributed by atoms with Crippen LogP contribution < -0.4 is 0 Å². The maximum atomic E-state index is 11.0. The number of rotatable bonds is 0. The van der Waals surface area contributed by atoms with E-state index >= 15 is 0 Å². The Hall–Kier alpha value is -0.730. The van der Waals surface area contributed by atoms with Gasteiger partial charge in [-0.25, -0.2) is 4.79 Å². The van der Waals surface area contributed by atoms with E-state index in [-0.39, 0.29) is 11.6 Å². The highest BCUT2D eigenvalue weighted by atomic mass is 16.6. The second-order valence-corrected chi connectivity index (χ2v) is 3.33. The van der Waals surface area contributed by atoms with Crippen LogP contribution in [-0.2, 0) is 4.74 Å². The lowest BCUT2D eigenvalue weighted by atomic mass is 10.1. The molecular weight excluding hydrogens is 130 g/mol. The van der Waals surface area contributed by atoms with Crippen molar-refractivity contribution < 1.29 is 10.9 Å². The minimum absolute atomic E-state index is 0.229. The third-order valence-corrected chi connectivity index (χ3v) is 1.47. The number of hydrogen-bond acceptors (Lipinski definition) is 2. The van der Waals surface area contributed by atoms with Crippen molar-refractivity contribution in [3.8, 4) is 0 Å². The first-order valence-electron chi connectivity index (χ1n) is 3.89. The van der Waals surface area contributed by atoms with Crippen molar-refractivity contribution in [3.05, 3.63) is 0 Å². The molecule has 1 aliphatic heterocycles. The molecule has 1 rings (SSSR count). The highest BCUT2D eigenvalue weighted by molar-refractivity contribution is 5.70. The van der Waals surface area contributed by atoms with Gasteiger partial charge in [0.1, 0.15) is 6.58 Å². The Kier molecular flexibility index (Phi) is 1.29. The van der Waals surface area contributed by atoms with Gasteiger partial charge in [-0.05, 0) is 20.8 Å². The van der Waals surface area contributed by atoms with E-state index in [1.807, 2.05) is 20.8 Å². The van der Waals surface area contributed by atoms with Crippen LogP contribution in [-0.4, -0.2) is 29.7 Å². The van der Waals surface area contributed by atoms with Crippen molar-refractivity contribution in [2.24, 2.45) is 0 Å². The maximum absolute atomic E-state index is 11.0. The zero-order chi connectivity index (χ0) is 8.65. The molecule has 1 amide bonds. The normalized spacial score (nSPS) is 28.3. The fraction of sp³-hybridized carbons (Fsp3) is 0.857. The molecule has 1 atom stereocenters. The topological polar surface area (TPSA) is 29.5 Å². The Morgan fingerprint density at radius 2 is 2.30 bits per heavy atom. The van der Waals surface area contributed by atoms with Crippen molar-refractivity contribution in [1.29, 1.82) is 0 Å². The zero-order valence-corrected chi connectivity index (χ0v) is 6.55. The molecule has 0 N–H and O–H groups in total. The molecule has 3 nitrogen and oxygen atoms in total. The summed E-state index contributed by atoms with van der Waals surface area (Å²) in [5.74, 6) is 0. The number of cyclic esters (lactones) is 1. The molecule has 0 bridgehead atoms. The van der Waals surface area contributed by atoms with Gasteiger partial charge in [-0.2, -0.15) is 0 Å². The molecule has 0 aromatic carbocycles. The molecule has 0 radical (unpaired) electrons. The van der Waals surface area contributed by atoms with E-state index in [0.717, 1.165) is 0 Å². The summed E-state index contributed by atoms with van der Waals surface area (Å²) >= 11 is 0. The summed E-state index contributed by atoms with van der Waals surface area (Å²) in [6.07, 6.45) is -0.377. The quantitative estimate of drug-likeness (QED) is 0.512. The molecule has 1 aliphatic rings. The van der Waals surface area contributed by atoms with Crippen LogP contribution in [0.25, 0.3) is 0 Å². The van der Waals surface area contributed by atoms with Crippen molar-refractivity contribution >= 4 is 6.09 Å². The lowest BCUT2D eigenvalue weighted by molar-refractivity contribution is 0.132. The fourth-order valence-corrected chi connectivity index (χ4v) is 0.869. The van der Waals surface area contributed by atoms with Gasteiger partial charge >= 0.3 is 6.09 Å². The molecule has 0 aliphatic carbocycles. The Bertz CT molecular complexity index is 176. The largest absolute Gasteiger partial charge is 0.448 e. The highest BCUT2D eigenvalue weighted by Gasteiger charge is 2.31. The van der Waals surface area contributed by atoms with E-state index in [2.05, 4.69) is 4.74 Å². The molecule has 0 saturated carbocycles. The molecule has 1 fully saturated rings. The van der Waals surface area contributed by atoms with Crippen molar-refractivity contribution in [1.82, 2.24) is 4.90 Å². The van der Waals surface area contributed by atoms with Gasteiger partial charge in [-0.15, -0.1) is 0 Å². The highest BCUT2D eigenvalue weighted by Crippen LogP contribution is 2.17. The van der Waals surface area contributed by atoms with Gasteiger partial charge in [-0.3, -0.25) is 4.90 Å². The number of nitrogens with zero attached hydrogens (tertiary/aromatic N) is 1. The van der Waals surface area contributed by atoms with Crippen LogP contribution in [0.5, 0.6) is 0 Å². The summed E-state index contributed by atoms with van der Waals surface area (Å²) in [6, 6.07) is 0. The van der Waals surface area contributed by atoms with Crippen LogP contribution in [0.15, 0.2) is 0 Å². The summed E-state index contributed by atoms with van der Waals surface area (Å²) < 4.78 is 11.8. The summed E-state index contributed by atoms with van der Waals surface area (Å²) in [7, 11) is 0. The first kappa shape index (κ1) is 6.01. The van der Waals surface area contributed by atoms with Crippen LogP contribution >= 0.6 is 0 Å². The molecular formula is C7H13NO2. The molecule has 58 valence electrons. The lowest BCUT2D eigenvalue weighted by Gasteiger charge is -2.28. The molecule has 0 aromatic heterocycles. The number of ether oxygens (including phenoxy) is 1. The van der Waals surface area contributed by atoms with Gasteiger partial charge in [0.2, 0.25) is 0 Å². The van der Waals surface area contributed by atoms with E-state index in [1.54, 1.807) is 4.90 Å². The molecule has 0 unspecified atom stereocenters. The number of hydrogen-bond donors (Lipinski definition) is 0. The summed E-state index contributed by atoms with van der Waals surface area (Å²) in [5, 5.41) is 0. The molecule has 3 heteroatoms. The summed E-state index contributed by atoms with van der Waals surface area (Å²) in [6.45, 7) is 5.44. The summed E-state index contributed by atoms with van der Waals surface area (Å²) in [4.78, 5) is 12.6. The van der Waals surface area contributed by atoms with Crippen molar-refractivity contribution in [3.63, 3.8) is 0 Å². The maximum Gasteiger partial charge on any atom is 0.410 e. The van der Waals surface area contributed by atoms with Crippen LogP contribution in [0.3, 0.4) is 0 Å². The fourth-order valence-electron chi connectivity index (χ4n) is 0.869. The Morgan fingerprint density at radius 1 is 1.70 bits per heavy atom. The molecule has 1 heterocycles. The van der Waals surface area contributed by atoms with Gasteiger partial charge in [0, 0.05) is 5.54 Å². The van der Waals surface area contributed by atoms with Crippen molar-refractivity contribution in [2.45, 2.75) is 26.3 Å². The third kappa shape index (κ3) is 1.23. The summed E-state index contributed by atoms with van der Waals surface area (Å²) in [5.41, 5.74) is -0.229. The van der Waals surface area contributed by atoms with Crippen LogP contribution in [0, 0.1) is 0 Å². The van der Waals surface area contributed by atoms with E-state index in [4.69, 9.17) is 1.37 Å². The Balaban J connectivity index is 2.68. The average molecular weight is 144 g/mol. The van der Waals surface area contributed by atoms with Crippen LogP contribution in [0.1, 0.15) is 22.1 Å². The second-order valence-electron chi connectivity index (χ2n) is 3.33. The van der Waals surface area contributed by atoms with Gasteiger partial charge in [0.15, 0.2) is 0 Å². The Morgan fingerprint density at radius 3 is 2.50 bits per heavy atom. The first-order valence-corrected chi connectivity index (χ1v) is 3.32. The lowest BCUT2D eigenvalue weighted by Crippen LogP contribution is -2.41. The van der Waals surface area contributed by atoms with Gasteiger partial charge in [-0.1, -0.05) is 0 Å². The van der Waals surface area contributed by atoms with Crippen LogP contribution in [0.4, 0.5) is 4.79 Å². The monoisotopic (exact) mass is 144 g/mol. The van der Waals surface area contributed by atoms with E-state index in [0.29, 0.717) is 6.54 Å². The predicted molar refractivity (Wildman–Crippen MR) is 37.8 cm³/mol. The van der Waals surface area contributed by atoms with E-state index < -0.39 is 6.58 Å². The van der Waals surface area contributed by atoms with Gasteiger partial charge in [0.25, 0.3) is 0 Å².